The zero-order valence-corrected chi connectivity index (χ0v) is 20.1. The normalized spacial score (nSPS) is 23.3. The van der Waals surface area contributed by atoms with E-state index in [0.29, 0.717) is 0 Å². The van der Waals surface area contributed by atoms with Crippen molar-refractivity contribution in [2.24, 2.45) is 0 Å². The summed E-state index contributed by atoms with van der Waals surface area (Å²) in [6, 6.07) is 2.78. The number of phenols is 4. The van der Waals surface area contributed by atoms with E-state index in [1.54, 1.807) is 0 Å². The third-order valence-electron chi connectivity index (χ3n) is 5.86. The van der Waals surface area contributed by atoms with Gasteiger partial charge in [0.2, 0.25) is 23.2 Å². The smallest absolute Gasteiger partial charge is 0.308 e. The van der Waals surface area contributed by atoms with Crippen LogP contribution in [-0.4, -0.2) is 79.5 Å². The zero-order chi connectivity index (χ0) is 28.0. The lowest BCUT2D eigenvalue weighted by atomic mass is 10.00. The lowest BCUT2D eigenvalue weighted by Crippen LogP contribution is -2.58. The molecule has 0 radical (unpaired) electrons. The minimum Gasteiger partial charge on any atom is -0.507 e. The average Bonchev–Trinajstić information content (AvgIpc) is 2.86. The molecule has 5 atom stereocenters. The van der Waals surface area contributed by atoms with Gasteiger partial charge in [-0.2, -0.15) is 0 Å². The van der Waals surface area contributed by atoms with Crippen molar-refractivity contribution in [1.82, 2.24) is 0 Å². The van der Waals surface area contributed by atoms with Gasteiger partial charge in [0.25, 0.3) is 0 Å². The van der Waals surface area contributed by atoms with Crippen LogP contribution in [0.4, 0.5) is 0 Å². The van der Waals surface area contributed by atoms with Crippen molar-refractivity contribution in [2.75, 3.05) is 7.11 Å². The number of aliphatic hydroxyl groups is 3. The number of methoxy groups -OCH3 is 1. The fraction of sp³-hybridized carbons (Fsp3) is 0.333. The van der Waals surface area contributed by atoms with Gasteiger partial charge in [-0.05, 0) is 19.1 Å². The highest BCUT2D eigenvalue weighted by atomic mass is 16.7. The van der Waals surface area contributed by atoms with Crippen LogP contribution in [0.3, 0.4) is 0 Å². The van der Waals surface area contributed by atoms with E-state index < -0.39 is 93.3 Å². The van der Waals surface area contributed by atoms with Gasteiger partial charge in [-0.15, -0.1) is 0 Å². The Hall–Kier alpha value is -4.24. The summed E-state index contributed by atoms with van der Waals surface area (Å²) in [7, 11) is 1.20. The third kappa shape index (κ3) is 4.50. The van der Waals surface area contributed by atoms with Crippen molar-refractivity contribution in [2.45, 2.75) is 44.6 Å². The number of rotatable bonds is 5. The van der Waals surface area contributed by atoms with E-state index in [4.69, 9.17) is 23.4 Å². The van der Waals surface area contributed by atoms with Gasteiger partial charge in [0.15, 0.2) is 34.3 Å². The number of hydrogen-bond donors (Lipinski definition) is 7. The highest BCUT2D eigenvalue weighted by molar-refractivity contribution is 5.95. The van der Waals surface area contributed by atoms with E-state index in [1.807, 2.05) is 0 Å². The molecule has 1 aromatic heterocycles. The van der Waals surface area contributed by atoms with Gasteiger partial charge in [0.05, 0.1) is 13.2 Å². The maximum Gasteiger partial charge on any atom is 0.308 e. The van der Waals surface area contributed by atoms with Gasteiger partial charge in [-0.25, -0.2) is 0 Å². The topological polar surface area (TPSA) is 226 Å². The number of hydrogen-bond acceptors (Lipinski definition) is 14. The number of fused-ring (bicyclic) bond motifs is 1. The van der Waals surface area contributed by atoms with E-state index in [2.05, 4.69) is 0 Å². The molecule has 1 saturated heterocycles. The molecule has 1 fully saturated rings. The zero-order valence-electron chi connectivity index (χ0n) is 20.1. The van der Waals surface area contributed by atoms with Gasteiger partial charge in [-0.1, -0.05) is 0 Å². The van der Waals surface area contributed by atoms with E-state index in [0.717, 1.165) is 25.1 Å². The standard InChI is InChI=1S/C24H24O14/c1-7-15(29)18(32)19(33)24(35-7)38-23-17(31)14-10(26)6-13(34-3)21(36-8(2)25)22(14)37-20(23)9-4-11(27)16(30)12(28)5-9/h4-7,15,18-19,24,26-30,32-33H,1-3H3/t7-,15-,18+,19+,24-/m0/s1. The Kier molecular flexibility index (Phi) is 6.99. The maximum absolute atomic E-state index is 13.7. The molecule has 1 aliphatic rings. The predicted octanol–water partition coefficient (Wildman–Crippen LogP) is 0.423. The van der Waals surface area contributed by atoms with Crippen molar-refractivity contribution >= 4 is 16.9 Å². The Morgan fingerprint density at radius 3 is 2.13 bits per heavy atom. The molecule has 204 valence electrons. The summed E-state index contributed by atoms with van der Waals surface area (Å²) < 4.78 is 27.1. The van der Waals surface area contributed by atoms with Crippen LogP contribution in [0, 0.1) is 0 Å². The summed E-state index contributed by atoms with van der Waals surface area (Å²) >= 11 is 0. The van der Waals surface area contributed by atoms with Gasteiger partial charge in [0, 0.05) is 18.6 Å². The molecular formula is C24H24O14. The Labute approximate surface area is 213 Å². The second-order valence-electron chi connectivity index (χ2n) is 8.48. The number of esters is 1. The fourth-order valence-electron chi connectivity index (χ4n) is 3.94. The number of ether oxygens (including phenoxy) is 4. The molecule has 2 heterocycles. The highest BCUT2D eigenvalue weighted by Gasteiger charge is 2.44. The van der Waals surface area contributed by atoms with Crippen LogP contribution < -0.4 is 19.6 Å². The fourth-order valence-corrected chi connectivity index (χ4v) is 3.94. The highest BCUT2D eigenvalue weighted by Crippen LogP contribution is 2.46. The molecule has 14 nitrogen and oxygen atoms in total. The van der Waals surface area contributed by atoms with Gasteiger partial charge in [0.1, 0.15) is 29.4 Å². The van der Waals surface area contributed by atoms with Crippen molar-refractivity contribution in [3.8, 4) is 51.6 Å². The summed E-state index contributed by atoms with van der Waals surface area (Å²) in [4.78, 5) is 25.4. The van der Waals surface area contributed by atoms with E-state index in [-0.39, 0.29) is 11.3 Å². The number of carbonyl (C=O) groups is 1. The maximum atomic E-state index is 13.7. The molecule has 0 unspecified atom stereocenters. The molecule has 1 aliphatic heterocycles. The van der Waals surface area contributed by atoms with E-state index >= 15 is 0 Å². The first-order valence-corrected chi connectivity index (χ1v) is 11.1. The predicted molar refractivity (Wildman–Crippen MR) is 125 cm³/mol. The summed E-state index contributed by atoms with van der Waals surface area (Å²) in [5.74, 6) is -5.90. The van der Waals surface area contributed by atoms with Crippen molar-refractivity contribution < 1.29 is 63.9 Å². The molecule has 0 bridgehead atoms. The van der Waals surface area contributed by atoms with Gasteiger partial charge in [-0.3, -0.25) is 9.59 Å². The number of aromatic hydroxyl groups is 4. The van der Waals surface area contributed by atoms with Crippen LogP contribution in [0.5, 0.6) is 40.2 Å². The Morgan fingerprint density at radius 2 is 1.55 bits per heavy atom. The number of carbonyl (C=O) groups excluding carboxylic acids is 1. The van der Waals surface area contributed by atoms with Gasteiger partial charge < -0.3 is 59.1 Å². The summed E-state index contributed by atoms with van der Waals surface area (Å²) in [5, 5.41) is 70.5. The van der Waals surface area contributed by atoms with Gasteiger partial charge >= 0.3 is 5.97 Å². The SMILES string of the molecule is COc1cc(O)c2c(=O)c(O[C@@H]3O[C@@H](C)[C@H](O)[C@@H](O)[C@H]3O)c(-c3cc(O)c(O)c(O)c3)oc2c1OC(C)=O. The van der Waals surface area contributed by atoms with Crippen molar-refractivity contribution in [1.29, 1.82) is 0 Å². The first kappa shape index (κ1) is 26.8. The number of phenolic OH excluding ortho intramolecular Hbond substituents is 4. The van der Waals surface area contributed by atoms with Crippen molar-refractivity contribution in [3.63, 3.8) is 0 Å². The Bertz CT molecular complexity index is 1440. The Balaban J connectivity index is 2.04. The molecule has 14 heteroatoms. The summed E-state index contributed by atoms with van der Waals surface area (Å²) in [5.41, 5.74) is -1.84. The monoisotopic (exact) mass is 536 g/mol. The molecule has 4 rings (SSSR count). The number of benzene rings is 2. The molecule has 0 spiro atoms. The molecule has 3 aromatic rings. The van der Waals surface area contributed by atoms with Crippen molar-refractivity contribution in [3.05, 3.63) is 28.4 Å². The number of aliphatic hydroxyl groups excluding tert-OH is 3. The summed E-state index contributed by atoms with van der Waals surface area (Å²) in [6.45, 7) is 2.44. The van der Waals surface area contributed by atoms with E-state index in [9.17, 15) is 45.3 Å². The second kappa shape index (κ2) is 9.90. The molecule has 7 N–H and O–H groups in total. The molecule has 0 aliphatic carbocycles. The first-order valence-electron chi connectivity index (χ1n) is 11.1. The largest absolute Gasteiger partial charge is 0.507 e. The lowest BCUT2D eigenvalue weighted by Gasteiger charge is -2.38. The third-order valence-corrected chi connectivity index (χ3v) is 5.86. The second-order valence-corrected chi connectivity index (χ2v) is 8.48. The molecule has 2 aromatic carbocycles. The van der Waals surface area contributed by atoms with Crippen LogP contribution in [0.2, 0.25) is 0 Å². The summed E-state index contributed by atoms with van der Waals surface area (Å²) in [6.07, 6.45) is -7.85. The van der Waals surface area contributed by atoms with Crippen LogP contribution >= 0.6 is 0 Å². The van der Waals surface area contributed by atoms with Crippen LogP contribution in [0.1, 0.15) is 13.8 Å². The van der Waals surface area contributed by atoms with Crippen LogP contribution in [-0.2, 0) is 9.53 Å². The minimum absolute atomic E-state index is 0.193. The average molecular weight is 536 g/mol. The minimum atomic E-state index is -1.85. The molecule has 38 heavy (non-hydrogen) atoms. The molecule has 0 saturated carbocycles. The van der Waals surface area contributed by atoms with E-state index in [1.165, 1.54) is 14.0 Å². The Morgan fingerprint density at radius 1 is 0.921 bits per heavy atom. The molecular weight excluding hydrogens is 512 g/mol. The van der Waals surface area contributed by atoms with Crippen LogP contribution in [0.15, 0.2) is 27.4 Å². The molecule has 0 amide bonds. The lowest BCUT2D eigenvalue weighted by molar-refractivity contribution is -0.268. The van der Waals surface area contributed by atoms with Crippen LogP contribution in [0.25, 0.3) is 22.3 Å². The first-order chi connectivity index (χ1) is 17.8. The quantitative estimate of drug-likeness (QED) is 0.133.